The molecule has 1 aromatic rings. The first kappa shape index (κ1) is 15.1. The first-order valence-electron chi connectivity index (χ1n) is 7.13. The molecule has 0 bridgehead atoms. The number of nitrogens with zero attached hydrogens (tertiary/aromatic N) is 1. The molecule has 0 fully saturated rings. The van der Waals surface area contributed by atoms with Crippen molar-refractivity contribution >= 4 is 22.6 Å². The molecule has 108 valence electrons. The molecule has 0 saturated heterocycles. The Kier molecular flexibility index (Phi) is 6.12. The van der Waals surface area contributed by atoms with Gasteiger partial charge in [-0.15, -0.1) is 11.8 Å². The van der Waals surface area contributed by atoms with E-state index in [-0.39, 0.29) is 5.78 Å². The van der Waals surface area contributed by atoms with Crippen LogP contribution in [-0.4, -0.2) is 30.2 Å². The van der Waals surface area contributed by atoms with Gasteiger partial charge in [0.05, 0.1) is 17.9 Å². The minimum atomic E-state index is 0.155. The van der Waals surface area contributed by atoms with Crippen LogP contribution < -0.4 is 4.74 Å². The Morgan fingerprint density at radius 1 is 1.20 bits per heavy atom. The highest BCUT2D eigenvalue weighted by atomic mass is 32.2. The Balaban J connectivity index is 1.87. The molecule has 1 heterocycles. The van der Waals surface area contributed by atoms with Crippen molar-refractivity contribution in [3.05, 3.63) is 29.8 Å². The number of thioether (sulfide) groups is 1. The highest BCUT2D eigenvalue weighted by Crippen LogP contribution is 2.18. The van der Waals surface area contributed by atoms with Gasteiger partial charge in [0.2, 0.25) is 0 Å². The van der Waals surface area contributed by atoms with Crippen LogP contribution >= 0.6 is 11.8 Å². The Morgan fingerprint density at radius 2 is 1.95 bits per heavy atom. The maximum atomic E-state index is 12.1. The number of ketones is 1. The Hall–Kier alpha value is -1.29. The lowest BCUT2D eigenvalue weighted by molar-refractivity contribution is 0.102. The number of aliphatic imine (C=N–C) groups is 1. The van der Waals surface area contributed by atoms with Crippen LogP contribution in [0.1, 0.15) is 42.5 Å². The maximum Gasteiger partial charge on any atom is 0.173 e. The number of rotatable bonds is 4. The molecule has 0 atom stereocenters. The number of benzene rings is 1. The molecular weight excluding hydrogens is 270 g/mol. The van der Waals surface area contributed by atoms with E-state index in [4.69, 9.17) is 4.74 Å². The zero-order chi connectivity index (χ0) is 14.2. The highest BCUT2D eigenvalue weighted by Gasteiger charge is 2.10. The summed E-state index contributed by atoms with van der Waals surface area (Å²) in [5.41, 5.74) is 0.741. The van der Waals surface area contributed by atoms with Gasteiger partial charge in [-0.1, -0.05) is 12.8 Å². The molecule has 0 aliphatic carbocycles. The first-order chi connectivity index (χ1) is 9.79. The van der Waals surface area contributed by atoms with Crippen LogP contribution in [0.15, 0.2) is 29.3 Å². The van der Waals surface area contributed by atoms with E-state index in [2.05, 4.69) is 4.99 Å². The van der Waals surface area contributed by atoms with Crippen LogP contribution in [-0.2, 0) is 0 Å². The van der Waals surface area contributed by atoms with E-state index >= 15 is 0 Å². The second-order valence-corrected chi connectivity index (χ2v) is 5.93. The number of carbonyl (C=O) groups is 1. The molecule has 0 unspecified atom stereocenters. The average molecular weight is 291 g/mol. The topological polar surface area (TPSA) is 38.7 Å². The highest BCUT2D eigenvalue weighted by molar-refractivity contribution is 8.14. The molecule has 0 radical (unpaired) electrons. The van der Waals surface area contributed by atoms with Gasteiger partial charge in [-0.05, 0) is 43.5 Å². The summed E-state index contributed by atoms with van der Waals surface area (Å²) in [7, 11) is 1.62. The van der Waals surface area contributed by atoms with Gasteiger partial charge < -0.3 is 4.74 Å². The van der Waals surface area contributed by atoms with E-state index in [9.17, 15) is 4.79 Å². The monoisotopic (exact) mass is 291 g/mol. The van der Waals surface area contributed by atoms with Crippen LogP contribution in [0.3, 0.4) is 0 Å². The Labute approximate surface area is 124 Å². The summed E-state index contributed by atoms with van der Waals surface area (Å²) < 4.78 is 5.09. The van der Waals surface area contributed by atoms with Gasteiger partial charge in [0.25, 0.3) is 0 Å². The van der Waals surface area contributed by atoms with E-state index in [0.717, 1.165) is 29.3 Å². The van der Waals surface area contributed by atoms with Crippen molar-refractivity contribution < 1.29 is 9.53 Å². The summed E-state index contributed by atoms with van der Waals surface area (Å²) in [6, 6.07) is 7.29. The largest absolute Gasteiger partial charge is 0.497 e. The van der Waals surface area contributed by atoms with Crippen molar-refractivity contribution in [2.45, 2.75) is 32.1 Å². The molecular formula is C16H21NO2S. The molecule has 1 aliphatic rings. The predicted molar refractivity (Wildman–Crippen MR) is 85.2 cm³/mol. The van der Waals surface area contributed by atoms with Gasteiger partial charge in [-0.2, -0.15) is 0 Å². The number of carbonyl (C=O) groups excluding carboxylic acids is 1. The Bertz CT molecular complexity index is 468. The third kappa shape index (κ3) is 4.67. The summed E-state index contributed by atoms with van der Waals surface area (Å²) in [6.45, 7) is 0.916. The normalized spacial score (nSPS) is 15.9. The number of hydrogen-bond acceptors (Lipinski definition) is 4. The van der Waals surface area contributed by atoms with Crippen molar-refractivity contribution in [3.63, 3.8) is 0 Å². The summed E-state index contributed by atoms with van der Waals surface area (Å²) in [5, 5.41) is 1.14. The minimum absolute atomic E-state index is 0.155. The van der Waals surface area contributed by atoms with Crippen molar-refractivity contribution in [2.75, 3.05) is 19.4 Å². The zero-order valence-electron chi connectivity index (χ0n) is 11.9. The molecule has 0 N–H and O–H groups in total. The molecule has 0 spiro atoms. The van der Waals surface area contributed by atoms with Gasteiger partial charge in [-0.25, -0.2) is 0 Å². The lowest BCUT2D eigenvalue weighted by Crippen LogP contribution is -2.07. The molecule has 3 nitrogen and oxygen atoms in total. The summed E-state index contributed by atoms with van der Waals surface area (Å²) in [4.78, 5) is 16.7. The summed E-state index contributed by atoms with van der Waals surface area (Å²) in [6.07, 6.45) is 5.97. The third-order valence-electron chi connectivity index (χ3n) is 3.37. The van der Waals surface area contributed by atoms with Gasteiger partial charge in [0.1, 0.15) is 5.75 Å². The lowest BCUT2D eigenvalue weighted by Gasteiger charge is -2.09. The van der Waals surface area contributed by atoms with Gasteiger partial charge in [0, 0.05) is 12.1 Å². The minimum Gasteiger partial charge on any atom is -0.497 e. The van der Waals surface area contributed by atoms with E-state index in [1.54, 1.807) is 18.9 Å². The molecule has 1 aliphatic heterocycles. The number of hydrogen-bond donors (Lipinski definition) is 0. The predicted octanol–water partition coefficient (Wildman–Crippen LogP) is 3.97. The lowest BCUT2D eigenvalue weighted by atomic mass is 10.1. The van der Waals surface area contributed by atoms with E-state index in [1.807, 2.05) is 24.3 Å². The molecule has 4 heteroatoms. The summed E-state index contributed by atoms with van der Waals surface area (Å²) in [5.74, 6) is 1.41. The smallest absolute Gasteiger partial charge is 0.173 e. The summed E-state index contributed by atoms with van der Waals surface area (Å²) >= 11 is 1.60. The number of Topliss-reactive ketones (excluding diaryl/α,β-unsaturated/α-hetero) is 1. The first-order valence-corrected chi connectivity index (χ1v) is 8.11. The van der Waals surface area contributed by atoms with E-state index in [1.165, 1.54) is 25.7 Å². The van der Waals surface area contributed by atoms with Crippen LogP contribution in [0.4, 0.5) is 0 Å². The zero-order valence-corrected chi connectivity index (χ0v) is 12.7. The average Bonchev–Trinajstić information content (AvgIpc) is 2.46. The van der Waals surface area contributed by atoms with Crippen molar-refractivity contribution in [2.24, 2.45) is 4.99 Å². The van der Waals surface area contributed by atoms with Gasteiger partial charge in [0.15, 0.2) is 5.78 Å². The van der Waals surface area contributed by atoms with Crippen LogP contribution in [0.25, 0.3) is 0 Å². The molecule has 0 aromatic heterocycles. The number of methoxy groups -OCH3 is 1. The second-order valence-electron chi connectivity index (χ2n) is 4.88. The molecule has 20 heavy (non-hydrogen) atoms. The molecule has 2 rings (SSSR count). The standard InChI is InChI=1S/C16H21NO2S/c1-19-14-9-7-13(8-10-14)15(18)12-20-16-6-4-2-3-5-11-17-16/h7-10H,2-6,11-12H2,1H3. The second kappa shape index (κ2) is 8.10. The van der Waals surface area contributed by atoms with Crippen molar-refractivity contribution in [3.8, 4) is 5.75 Å². The van der Waals surface area contributed by atoms with E-state index in [0.29, 0.717) is 5.75 Å². The molecule has 0 amide bonds. The quantitative estimate of drug-likeness (QED) is 0.788. The molecule has 0 saturated carbocycles. The van der Waals surface area contributed by atoms with Gasteiger partial charge in [-0.3, -0.25) is 9.79 Å². The Morgan fingerprint density at radius 3 is 2.70 bits per heavy atom. The fraction of sp³-hybridized carbons (Fsp3) is 0.500. The van der Waals surface area contributed by atoms with Crippen LogP contribution in [0.5, 0.6) is 5.75 Å². The van der Waals surface area contributed by atoms with Crippen LogP contribution in [0, 0.1) is 0 Å². The SMILES string of the molecule is COc1ccc(C(=O)CSC2=NCCCCCC2)cc1. The van der Waals surface area contributed by atoms with E-state index < -0.39 is 0 Å². The van der Waals surface area contributed by atoms with Gasteiger partial charge >= 0.3 is 0 Å². The number of ether oxygens (including phenoxy) is 1. The maximum absolute atomic E-state index is 12.1. The fourth-order valence-corrected chi connectivity index (χ4v) is 3.09. The van der Waals surface area contributed by atoms with Crippen molar-refractivity contribution in [1.29, 1.82) is 0 Å². The van der Waals surface area contributed by atoms with Crippen LogP contribution in [0.2, 0.25) is 0 Å². The third-order valence-corrected chi connectivity index (χ3v) is 4.44. The molecule has 1 aromatic carbocycles. The fourth-order valence-electron chi connectivity index (χ4n) is 2.15. The van der Waals surface area contributed by atoms with Crippen molar-refractivity contribution in [1.82, 2.24) is 0 Å².